The van der Waals surface area contributed by atoms with Crippen LogP contribution in [0.1, 0.15) is 40.5 Å². The van der Waals surface area contributed by atoms with Crippen LogP contribution in [0.5, 0.6) is 0 Å². The summed E-state index contributed by atoms with van der Waals surface area (Å²) in [5, 5.41) is 0. The monoisotopic (exact) mass is 150 g/mol. The van der Waals surface area contributed by atoms with E-state index < -0.39 is 0 Å². The Hall–Kier alpha value is 0. The quantitative estimate of drug-likeness (QED) is 0.498. The highest BCUT2D eigenvalue weighted by molar-refractivity contribution is 5.38. The lowest BCUT2D eigenvalue weighted by Crippen LogP contribution is -2.50. The number of rotatable bonds is 0. The zero-order chi connectivity index (χ0) is 8.07. The fourth-order valence-electron chi connectivity index (χ4n) is 4.90. The van der Waals surface area contributed by atoms with Crippen LogP contribution in [0.2, 0.25) is 0 Å². The zero-order valence-electron chi connectivity index (χ0n) is 8.07. The van der Waals surface area contributed by atoms with E-state index in [4.69, 9.17) is 0 Å². The maximum Gasteiger partial charge on any atom is -0.0176 e. The van der Waals surface area contributed by atoms with Crippen molar-refractivity contribution in [3.63, 3.8) is 0 Å². The van der Waals surface area contributed by atoms with Crippen LogP contribution in [-0.4, -0.2) is 0 Å². The highest BCUT2D eigenvalue weighted by Gasteiger charge is 2.91. The molecule has 0 aliphatic heterocycles. The van der Waals surface area contributed by atoms with E-state index in [1.54, 1.807) is 0 Å². The van der Waals surface area contributed by atoms with Gasteiger partial charge in [0.1, 0.15) is 0 Å². The lowest BCUT2D eigenvalue weighted by molar-refractivity contribution is -0.0815. The van der Waals surface area contributed by atoms with Crippen molar-refractivity contribution >= 4 is 0 Å². The first-order valence-corrected chi connectivity index (χ1v) is 4.98. The molecule has 4 atom stereocenters. The zero-order valence-corrected chi connectivity index (χ0v) is 8.07. The molecule has 3 saturated carbocycles. The SMILES string of the molecule is CC1(C)[C@]2(C)[C@H]3CC[C@H]3[C@]12C. The number of hydrogen-bond donors (Lipinski definition) is 0. The molecule has 0 saturated heterocycles. The minimum absolute atomic E-state index is 0.659. The van der Waals surface area contributed by atoms with E-state index >= 15 is 0 Å². The van der Waals surface area contributed by atoms with Gasteiger partial charge in [-0.25, -0.2) is 0 Å². The minimum Gasteiger partial charge on any atom is -0.0588 e. The second-order valence-corrected chi connectivity index (χ2v) is 5.82. The normalized spacial score (nSPS) is 68.7. The van der Waals surface area contributed by atoms with Gasteiger partial charge in [-0.2, -0.15) is 0 Å². The van der Waals surface area contributed by atoms with Gasteiger partial charge in [0.05, 0.1) is 0 Å². The predicted octanol–water partition coefficient (Wildman–Crippen LogP) is 3.08. The summed E-state index contributed by atoms with van der Waals surface area (Å²) in [6, 6.07) is 0. The Morgan fingerprint density at radius 1 is 0.818 bits per heavy atom. The molecule has 0 aromatic rings. The third kappa shape index (κ3) is 0.302. The summed E-state index contributed by atoms with van der Waals surface area (Å²) in [6.07, 6.45) is 3.06. The van der Waals surface area contributed by atoms with Crippen LogP contribution >= 0.6 is 0 Å². The highest BCUT2D eigenvalue weighted by atomic mass is 15.0. The second-order valence-electron chi connectivity index (χ2n) is 5.82. The molecule has 0 N–H and O–H groups in total. The Kier molecular flexibility index (Phi) is 0.709. The summed E-state index contributed by atoms with van der Waals surface area (Å²) in [4.78, 5) is 0. The van der Waals surface area contributed by atoms with E-state index in [-0.39, 0.29) is 0 Å². The molecule has 0 bridgehead atoms. The molecular formula is C11H18. The van der Waals surface area contributed by atoms with Crippen LogP contribution in [-0.2, 0) is 0 Å². The van der Waals surface area contributed by atoms with Crippen LogP contribution < -0.4 is 0 Å². The van der Waals surface area contributed by atoms with Crippen molar-refractivity contribution in [1.82, 2.24) is 0 Å². The largest absolute Gasteiger partial charge is 0.0588 e. The smallest absolute Gasteiger partial charge is 0.0176 e. The molecule has 0 heterocycles. The summed E-state index contributed by atoms with van der Waals surface area (Å²) < 4.78 is 0. The summed E-state index contributed by atoms with van der Waals surface area (Å²) in [6.45, 7) is 10.00. The van der Waals surface area contributed by atoms with Gasteiger partial charge in [-0.3, -0.25) is 0 Å². The fraction of sp³-hybridized carbons (Fsp3) is 1.00. The van der Waals surface area contributed by atoms with Gasteiger partial charge in [-0.15, -0.1) is 0 Å². The Labute approximate surface area is 69.4 Å². The Bertz CT molecular complexity index is 216. The molecule has 0 aromatic heterocycles. The standard InChI is InChI=1S/C11H18/c1-9(2)10(3)7-5-6-8(7)11(9,10)4/h7-8H,5-6H2,1-4H3/t7-,8+,10-,11+. The first kappa shape index (κ1) is 6.51. The van der Waals surface area contributed by atoms with Crippen molar-refractivity contribution in [3.8, 4) is 0 Å². The van der Waals surface area contributed by atoms with E-state index in [1.807, 2.05) is 0 Å². The molecule has 3 aliphatic rings. The molecule has 11 heavy (non-hydrogen) atoms. The molecule has 0 nitrogen and oxygen atoms in total. The van der Waals surface area contributed by atoms with Crippen molar-refractivity contribution in [2.24, 2.45) is 28.1 Å². The molecule has 3 rings (SSSR count). The first-order chi connectivity index (χ1) is 4.98. The lowest BCUT2D eigenvalue weighted by atomic mass is 9.48. The molecular weight excluding hydrogens is 132 g/mol. The number of fused-ring (bicyclic) bond motifs is 4. The van der Waals surface area contributed by atoms with Gasteiger partial charge in [0.2, 0.25) is 0 Å². The first-order valence-electron chi connectivity index (χ1n) is 4.98. The van der Waals surface area contributed by atoms with Crippen molar-refractivity contribution < 1.29 is 0 Å². The van der Waals surface area contributed by atoms with Crippen LogP contribution in [0.4, 0.5) is 0 Å². The second kappa shape index (κ2) is 1.20. The summed E-state index contributed by atoms with van der Waals surface area (Å²) in [5.41, 5.74) is 2.14. The Balaban J connectivity index is 2.08. The number of hydrogen-bond acceptors (Lipinski definition) is 0. The summed E-state index contributed by atoms with van der Waals surface area (Å²) in [7, 11) is 0. The maximum absolute atomic E-state index is 2.52. The Morgan fingerprint density at radius 2 is 1.18 bits per heavy atom. The molecule has 3 fully saturated rings. The van der Waals surface area contributed by atoms with Gasteiger partial charge in [0.15, 0.2) is 0 Å². The molecule has 3 aliphatic carbocycles. The predicted molar refractivity (Wildman–Crippen MR) is 46.2 cm³/mol. The van der Waals surface area contributed by atoms with Gasteiger partial charge < -0.3 is 0 Å². The minimum atomic E-state index is 0.659. The fourth-order valence-corrected chi connectivity index (χ4v) is 4.90. The van der Waals surface area contributed by atoms with E-state index in [0.29, 0.717) is 5.41 Å². The van der Waals surface area contributed by atoms with Crippen molar-refractivity contribution in [1.29, 1.82) is 0 Å². The summed E-state index contributed by atoms with van der Waals surface area (Å²) in [5.74, 6) is 2.23. The van der Waals surface area contributed by atoms with Crippen molar-refractivity contribution in [2.45, 2.75) is 40.5 Å². The molecule has 0 radical (unpaired) electrons. The third-order valence-electron chi connectivity index (χ3n) is 6.37. The van der Waals surface area contributed by atoms with Gasteiger partial charge in [0, 0.05) is 0 Å². The molecule has 62 valence electrons. The van der Waals surface area contributed by atoms with E-state index in [0.717, 1.165) is 22.7 Å². The van der Waals surface area contributed by atoms with Crippen molar-refractivity contribution in [3.05, 3.63) is 0 Å². The Morgan fingerprint density at radius 3 is 1.36 bits per heavy atom. The van der Waals surface area contributed by atoms with Crippen molar-refractivity contribution in [2.75, 3.05) is 0 Å². The van der Waals surface area contributed by atoms with E-state index in [1.165, 1.54) is 12.8 Å². The van der Waals surface area contributed by atoms with Crippen LogP contribution in [0.25, 0.3) is 0 Å². The molecule has 0 heteroatoms. The topological polar surface area (TPSA) is 0 Å². The van der Waals surface area contributed by atoms with Crippen LogP contribution in [0.3, 0.4) is 0 Å². The lowest BCUT2D eigenvalue weighted by Gasteiger charge is -2.56. The molecule has 0 spiro atoms. The third-order valence-corrected chi connectivity index (χ3v) is 6.37. The molecule has 0 unspecified atom stereocenters. The van der Waals surface area contributed by atoms with Gasteiger partial charge in [-0.1, -0.05) is 27.7 Å². The molecule has 0 amide bonds. The van der Waals surface area contributed by atoms with Crippen LogP contribution in [0, 0.1) is 28.1 Å². The van der Waals surface area contributed by atoms with E-state index in [2.05, 4.69) is 27.7 Å². The average molecular weight is 150 g/mol. The average Bonchev–Trinajstić information content (AvgIpc) is 2.07. The summed E-state index contributed by atoms with van der Waals surface area (Å²) >= 11 is 0. The molecule has 0 aromatic carbocycles. The van der Waals surface area contributed by atoms with Gasteiger partial charge in [-0.05, 0) is 40.9 Å². The maximum atomic E-state index is 2.52. The van der Waals surface area contributed by atoms with Crippen LogP contribution in [0.15, 0.2) is 0 Å². The van der Waals surface area contributed by atoms with Gasteiger partial charge >= 0.3 is 0 Å². The highest BCUT2D eigenvalue weighted by Crippen LogP contribution is 2.96. The van der Waals surface area contributed by atoms with E-state index in [9.17, 15) is 0 Å². The van der Waals surface area contributed by atoms with Gasteiger partial charge in [0.25, 0.3) is 0 Å².